The SMILES string of the molecule is CCCNc1nc(NCC(C)COC)c2cn[nH]c2n1. The summed E-state index contributed by atoms with van der Waals surface area (Å²) >= 11 is 0. The number of aromatic nitrogens is 4. The van der Waals surface area contributed by atoms with Gasteiger partial charge >= 0.3 is 0 Å². The van der Waals surface area contributed by atoms with Crippen molar-refractivity contribution in [2.45, 2.75) is 20.3 Å². The molecular formula is C13H22N6O. The minimum atomic E-state index is 0.406. The molecule has 3 N–H and O–H groups in total. The number of hydrogen-bond acceptors (Lipinski definition) is 6. The first kappa shape index (κ1) is 14.5. The molecule has 110 valence electrons. The molecule has 7 nitrogen and oxygen atoms in total. The number of aromatic amines is 1. The van der Waals surface area contributed by atoms with Gasteiger partial charge in [0.05, 0.1) is 18.2 Å². The predicted molar refractivity (Wildman–Crippen MR) is 80.0 cm³/mol. The number of anilines is 2. The Morgan fingerprint density at radius 1 is 1.35 bits per heavy atom. The van der Waals surface area contributed by atoms with Crippen molar-refractivity contribution in [3.05, 3.63) is 6.20 Å². The van der Waals surface area contributed by atoms with Gasteiger partial charge in [0.15, 0.2) is 5.65 Å². The van der Waals surface area contributed by atoms with Crippen LogP contribution in [0.5, 0.6) is 0 Å². The van der Waals surface area contributed by atoms with Crippen molar-refractivity contribution in [3.8, 4) is 0 Å². The molecule has 0 aliphatic heterocycles. The summed E-state index contributed by atoms with van der Waals surface area (Å²) in [7, 11) is 1.71. The van der Waals surface area contributed by atoms with E-state index >= 15 is 0 Å². The van der Waals surface area contributed by atoms with Gasteiger partial charge in [0.25, 0.3) is 0 Å². The Balaban J connectivity index is 2.14. The lowest BCUT2D eigenvalue weighted by Crippen LogP contribution is -2.17. The van der Waals surface area contributed by atoms with Crippen LogP contribution in [0, 0.1) is 5.92 Å². The van der Waals surface area contributed by atoms with Crippen molar-refractivity contribution in [3.63, 3.8) is 0 Å². The van der Waals surface area contributed by atoms with E-state index in [-0.39, 0.29) is 0 Å². The molecule has 0 saturated carbocycles. The summed E-state index contributed by atoms with van der Waals surface area (Å²) < 4.78 is 5.14. The highest BCUT2D eigenvalue weighted by atomic mass is 16.5. The van der Waals surface area contributed by atoms with Gasteiger partial charge in [-0.2, -0.15) is 15.1 Å². The second-order valence-corrected chi connectivity index (χ2v) is 4.90. The highest BCUT2D eigenvalue weighted by molar-refractivity contribution is 5.86. The van der Waals surface area contributed by atoms with Crippen LogP contribution >= 0.6 is 0 Å². The lowest BCUT2D eigenvalue weighted by Gasteiger charge is -2.13. The Kier molecular flexibility index (Phi) is 5.11. The van der Waals surface area contributed by atoms with Crippen molar-refractivity contribution in [1.29, 1.82) is 0 Å². The van der Waals surface area contributed by atoms with Crippen LogP contribution in [-0.2, 0) is 4.74 Å². The van der Waals surface area contributed by atoms with E-state index in [4.69, 9.17) is 4.74 Å². The molecule has 2 aromatic rings. The van der Waals surface area contributed by atoms with Gasteiger partial charge in [0, 0.05) is 20.2 Å². The molecule has 0 aliphatic carbocycles. The zero-order valence-electron chi connectivity index (χ0n) is 12.2. The Morgan fingerprint density at radius 3 is 2.95 bits per heavy atom. The minimum absolute atomic E-state index is 0.406. The van der Waals surface area contributed by atoms with Gasteiger partial charge in [-0.1, -0.05) is 13.8 Å². The minimum Gasteiger partial charge on any atom is -0.384 e. The van der Waals surface area contributed by atoms with Gasteiger partial charge in [-0.25, -0.2) is 0 Å². The average molecular weight is 278 g/mol. The molecule has 0 radical (unpaired) electrons. The number of ether oxygens (including phenoxy) is 1. The smallest absolute Gasteiger partial charge is 0.226 e. The summed E-state index contributed by atoms with van der Waals surface area (Å²) in [6, 6.07) is 0. The summed E-state index contributed by atoms with van der Waals surface area (Å²) in [6.07, 6.45) is 2.76. The third kappa shape index (κ3) is 3.57. The second-order valence-electron chi connectivity index (χ2n) is 4.90. The van der Waals surface area contributed by atoms with E-state index in [0.29, 0.717) is 18.5 Å². The maximum Gasteiger partial charge on any atom is 0.226 e. The third-order valence-corrected chi connectivity index (χ3v) is 2.91. The zero-order chi connectivity index (χ0) is 14.4. The predicted octanol–water partition coefficient (Wildman–Crippen LogP) is 1.87. The fourth-order valence-electron chi connectivity index (χ4n) is 1.90. The normalized spacial score (nSPS) is 12.6. The second kappa shape index (κ2) is 7.04. The molecule has 2 aromatic heterocycles. The number of methoxy groups -OCH3 is 1. The van der Waals surface area contributed by atoms with Crippen LogP contribution in [0.25, 0.3) is 11.0 Å². The van der Waals surface area contributed by atoms with Crippen LogP contribution in [0.15, 0.2) is 6.20 Å². The quantitative estimate of drug-likeness (QED) is 0.683. The van der Waals surface area contributed by atoms with Crippen molar-refractivity contribution in [2.75, 3.05) is 37.4 Å². The molecule has 0 fully saturated rings. The van der Waals surface area contributed by atoms with E-state index in [0.717, 1.165) is 36.4 Å². The van der Waals surface area contributed by atoms with Crippen LogP contribution in [0.3, 0.4) is 0 Å². The monoisotopic (exact) mass is 278 g/mol. The molecule has 1 unspecified atom stereocenters. The van der Waals surface area contributed by atoms with E-state index in [1.165, 1.54) is 0 Å². The summed E-state index contributed by atoms with van der Waals surface area (Å²) in [4.78, 5) is 8.90. The summed E-state index contributed by atoms with van der Waals surface area (Å²) in [6.45, 7) is 6.58. The molecule has 0 bridgehead atoms. The first-order valence-corrected chi connectivity index (χ1v) is 6.92. The van der Waals surface area contributed by atoms with Gasteiger partial charge in [-0.3, -0.25) is 5.10 Å². The van der Waals surface area contributed by atoms with Gasteiger partial charge in [-0.15, -0.1) is 0 Å². The maximum atomic E-state index is 5.14. The molecule has 2 heterocycles. The van der Waals surface area contributed by atoms with E-state index < -0.39 is 0 Å². The van der Waals surface area contributed by atoms with Gasteiger partial charge < -0.3 is 15.4 Å². The Morgan fingerprint density at radius 2 is 2.20 bits per heavy atom. The van der Waals surface area contributed by atoms with Gasteiger partial charge in [0.2, 0.25) is 5.95 Å². The molecular weight excluding hydrogens is 256 g/mol. The summed E-state index contributed by atoms with van der Waals surface area (Å²) in [5, 5.41) is 14.3. The van der Waals surface area contributed by atoms with Gasteiger partial charge in [-0.05, 0) is 12.3 Å². The van der Waals surface area contributed by atoms with Gasteiger partial charge in [0.1, 0.15) is 5.82 Å². The fraction of sp³-hybridized carbons (Fsp3) is 0.615. The van der Waals surface area contributed by atoms with Crippen LogP contribution in [0.4, 0.5) is 11.8 Å². The molecule has 2 rings (SSSR count). The average Bonchev–Trinajstić information content (AvgIpc) is 2.91. The molecule has 0 aromatic carbocycles. The largest absolute Gasteiger partial charge is 0.384 e. The van der Waals surface area contributed by atoms with Crippen molar-refractivity contribution in [1.82, 2.24) is 20.2 Å². The Labute approximate surface area is 118 Å². The Bertz CT molecular complexity index is 541. The number of H-pyrrole nitrogens is 1. The summed E-state index contributed by atoms with van der Waals surface area (Å²) in [5.41, 5.74) is 0.737. The number of rotatable bonds is 8. The molecule has 7 heteroatoms. The van der Waals surface area contributed by atoms with E-state index in [1.807, 2.05) is 0 Å². The molecule has 1 atom stereocenters. The van der Waals surface area contributed by atoms with Crippen LogP contribution < -0.4 is 10.6 Å². The van der Waals surface area contributed by atoms with Crippen LogP contribution in [0.1, 0.15) is 20.3 Å². The molecule has 0 saturated heterocycles. The number of hydrogen-bond donors (Lipinski definition) is 3. The van der Waals surface area contributed by atoms with Crippen LogP contribution in [0.2, 0.25) is 0 Å². The van der Waals surface area contributed by atoms with E-state index in [9.17, 15) is 0 Å². The highest BCUT2D eigenvalue weighted by Crippen LogP contribution is 2.20. The molecule has 0 amide bonds. The first-order chi connectivity index (χ1) is 9.74. The van der Waals surface area contributed by atoms with Crippen molar-refractivity contribution < 1.29 is 4.74 Å². The third-order valence-electron chi connectivity index (χ3n) is 2.91. The molecule has 0 aliphatic rings. The molecule has 20 heavy (non-hydrogen) atoms. The number of fused-ring (bicyclic) bond motifs is 1. The maximum absolute atomic E-state index is 5.14. The number of nitrogens with one attached hydrogen (secondary N) is 3. The topological polar surface area (TPSA) is 87.8 Å². The lowest BCUT2D eigenvalue weighted by molar-refractivity contribution is 0.164. The summed E-state index contributed by atoms with van der Waals surface area (Å²) in [5.74, 6) is 1.82. The van der Waals surface area contributed by atoms with Crippen molar-refractivity contribution in [2.24, 2.45) is 5.92 Å². The standard InChI is InChI=1S/C13H22N6O/c1-4-5-14-13-17-11(15-6-9(2)8-20-3)10-7-16-19-12(10)18-13/h7,9H,4-6,8H2,1-3H3,(H3,14,15,16,17,18,19). The first-order valence-electron chi connectivity index (χ1n) is 6.92. The fourth-order valence-corrected chi connectivity index (χ4v) is 1.90. The Hall–Kier alpha value is -1.89. The van der Waals surface area contributed by atoms with E-state index in [1.54, 1.807) is 13.3 Å². The zero-order valence-corrected chi connectivity index (χ0v) is 12.2. The number of nitrogens with zero attached hydrogens (tertiary/aromatic N) is 3. The lowest BCUT2D eigenvalue weighted by atomic mass is 10.2. The van der Waals surface area contributed by atoms with Crippen molar-refractivity contribution >= 4 is 22.8 Å². The molecule has 0 spiro atoms. The highest BCUT2D eigenvalue weighted by Gasteiger charge is 2.10. The van der Waals surface area contributed by atoms with Crippen LogP contribution in [-0.4, -0.2) is 47.0 Å². The van der Waals surface area contributed by atoms with E-state index in [2.05, 4.69) is 44.6 Å².